The standard InChI is InChI=1S/C17H14O5/c1-20-15-7-11(13(18)8-16(15)21-2)12-9-22-14-6-4-3-5-10(14)17(12)19/h3-9,18H,1-2H3. The topological polar surface area (TPSA) is 68.9 Å². The lowest BCUT2D eigenvalue weighted by atomic mass is 10.0. The lowest BCUT2D eigenvalue weighted by Crippen LogP contribution is -2.05. The minimum atomic E-state index is -0.218. The average Bonchev–Trinajstić information content (AvgIpc) is 2.55. The fourth-order valence-corrected chi connectivity index (χ4v) is 2.35. The van der Waals surface area contributed by atoms with Crippen molar-refractivity contribution in [1.29, 1.82) is 0 Å². The third kappa shape index (κ3) is 2.16. The van der Waals surface area contributed by atoms with E-state index in [9.17, 15) is 9.90 Å². The predicted octanol–water partition coefficient (Wildman–Crippen LogP) is 3.18. The Morgan fingerprint density at radius 2 is 1.68 bits per heavy atom. The van der Waals surface area contributed by atoms with Gasteiger partial charge >= 0.3 is 0 Å². The van der Waals surface area contributed by atoms with E-state index in [0.717, 1.165) is 0 Å². The zero-order valence-electron chi connectivity index (χ0n) is 12.1. The first kappa shape index (κ1) is 14.0. The molecule has 22 heavy (non-hydrogen) atoms. The molecule has 2 aromatic carbocycles. The summed E-state index contributed by atoms with van der Waals surface area (Å²) >= 11 is 0. The number of aromatic hydroxyl groups is 1. The zero-order valence-corrected chi connectivity index (χ0v) is 12.1. The van der Waals surface area contributed by atoms with E-state index in [1.54, 1.807) is 30.3 Å². The molecule has 0 unspecified atom stereocenters. The van der Waals surface area contributed by atoms with Crippen LogP contribution in [0.3, 0.4) is 0 Å². The summed E-state index contributed by atoms with van der Waals surface area (Å²) in [5.74, 6) is 0.719. The van der Waals surface area contributed by atoms with Gasteiger partial charge in [0.2, 0.25) is 5.43 Å². The molecule has 0 aliphatic carbocycles. The van der Waals surface area contributed by atoms with Crippen LogP contribution in [-0.2, 0) is 0 Å². The lowest BCUT2D eigenvalue weighted by Gasteiger charge is -2.11. The molecule has 5 heteroatoms. The summed E-state index contributed by atoms with van der Waals surface area (Å²) in [6, 6.07) is 9.91. The quantitative estimate of drug-likeness (QED) is 0.804. The Balaban J connectivity index is 2.28. The Morgan fingerprint density at radius 1 is 1.00 bits per heavy atom. The third-order valence-corrected chi connectivity index (χ3v) is 3.47. The summed E-state index contributed by atoms with van der Waals surface area (Å²) in [5.41, 5.74) is 0.870. The van der Waals surface area contributed by atoms with Crippen molar-refractivity contribution in [2.45, 2.75) is 0 Å². The number of methoxy groups -OCH3 is 2. The molecule has 112 valence electrons. The highest BCUT2D eigenvalue weighted by atomic mass is 16.5. The molecule has 1 aromatic heterocycles. The molecular formula is C17H14O5. The van der Waals surface area contributed by atoms with Gasteiger partial charge in [-0.25, -0.2) is 0 Å². The molecule has 0 atom stereocenters. The van der Waals surface area contributed by atoms with Crippen molar-refractivity contribution < 1.29 is 19.0 Å². The van der Waals surface area contributed by atoms with Crippen molar-refractivity contribution in [3.05, 3.63) is 52.9 Å². The zero-order chi connectivity index (χ0) is 15.7. The minimum absolute atomic E-state index is 0.0831. The number of rotatable bonds is 3. The summed E-state index contributed by atoms with van der Waals surface area (Å²) < 4.78 is 15.8. The highest BCUT2D eigenvalue weighted by Crippen LogP contribution is 2.38. The van der Waals surface area contributed by atoms with Gasteiger partial charge in [0.1, 0.15) is 17.6 Å². The van der Waals surface area contributed by atoms with E-state index in [2.05, 4.69) is 0 Å². The number of para-hydroxylation sites is 1. The summed E-state index contributed by atoms with van der Waals surface area (Å²) in [6.45, 7) is 0. The van der Waals surface area contributed by atoms with Gasteiger partial charge in [0.05, 0.1) is 25.2 Å². The van der Waals surface area contributed by atoms with Crippen LogP contribution < -0.4 is 14.9 Å². The second-order valence-corrected chi connectivity index (χ2v) is 4.70. The second kappa shape index (κ2) is 5.44. The van der Waals surface area contributed by atoms with Crippen molar-refractivity contribution >= 4 is 11.0 Å². The van der Waals surface area contributed by atoms with E-state index >= 15 is 0 Å². The van der Waals surface area contributed by atoms with Crippen molar-refractivity contribution in [1.82, 2.24) is 0 Å². The normalized spacial score (nSPS) is 10.6. The molecule has 0 bridgehead atoms. The van der Waals surface area contributed by atoms with E-state index < -0.39 is 0 Å². The fraction of sp³-hybridized carbons (Fsp3) is 0.118. The van der Waals surface area contributed by atoms with E-state index in [4.69, 9.17) is 13.9 Å². The Kier molecular flexibility index (Phi) is 3.47. The van der Waals surface area contributed by atoms with Gasteiger partial charge in [-0.05, 0) is 18.2 Å². The first-order valence-corrected chi connectivity index (χ1v) is 6.61. The molecule has 0 aliphatic rings. The van der Waals surface area contributed by atoms with Crippen LogP contribution in [0.1, 0.15) is 0 Å². The lowest BCUT2D eigenvalue weighted by molar-refractivity contribution is 0.352. The SMILES string of the molecule is COc1cc(O)c(-c2coc3ccccc3c2=O)cc1OC. The molecule has 0 saturated heterocycles. The fourth-order valence-electron chi connectivity index (χ4n) is 2.35. The van der Waals surface area contributed by atoms with Crippen LogP contribution in [0.25, 0.3) is 22.1 Å². The molecule has 5 nitrogen and oxygen atoms in total. The molecule has 0 fully saturated rings. The molecule has 3 aromatic rings. The molecule has 0 radical (unpaired) electrons. The molecule has 0 spiro atoms. The van der Waals surface area contributed by atoms with Crippen molar-refractivity contribution in [3.63, 3.8) is 0 Å². The summed E-state index contributed by atoms with van der Waals surface area (Å²) in [6.07, 6.45) is 1.34. The van der Waals surface area contributed by atoms with Gasteiger partial charge in [0.15, 0.2) is 11.5 Å². The first-order valence-electron chi connectivity index (χ1n) is 6.61. The minimum Gasteiger partial charge on any atom is -0.507 e. The molecule has 3 rings (SSSR count). The van der Waals surface area contributed by atoms with Gasteiger partial charge < -0.3 is 19.0 Å². The Hall–Kier alpha value is -2.95. The van der Waals surface area contributed by atoms with Gasteiger partial charge in [-0.1, -0.05) is 12.1 Å². The molecule has 0 amide bonds. The summed E-state index contributed by atoms with van der Waals surface area (Å²) in [7, 11) is 2.96. The average molecular weight is 298 g/mol. The second-order valence-electron chi connectivity index (χ2n) is 4.70. The van der Waals surface area contributed by atoms with E-state index in [0.29, 0.717) is 28.0 Å². The van der Waals surface area contributed by atoms with Crippen LogP contribution in [0.4, 0.5) is 0 Å². The first-order chi connectivity index (χ1) is 10.7. The number of hydrogen-bond donors (Lipinski definition) is 1. The van der Waals surface area contributed by atoms with Gasteiger partial charge in [-0.15, -0.1) is 0 Å². The van der Waals surface area contributed by atoms with Crippen LogP contribution in [0, 0.1) is 0 Å². The van der Waals surface area contributed by atoms with Gasteiger partial charge in [0, 0.05) is 11.6 Å². The Bertz CT molecular complexity index is 895. The van der Waals surface area contributed by atoms with Crippen LogP contribution in [0.5, 0.6) is 17.2 Å². The van der Waals surface area contributed by atoms with Crippen molar-refractivity contribution in [3.8, 4) is 28.4 Å². The largest absolute Gasteiger partial charge is 0.507 e. The Labute approximate surface area is 126 Å². The van der Waals surface area contributed by atoms with Gasteiger partial charge in [-0.2, -0.15) is 0 Å². The van der Waals surface area contributed by atoms with Crippen LogP contribution in [0.2, 0.25) is 0 Å². The number of fused-ring (bicyclic) bond motifs is 1. The number of ether oxygens (including phenoxy) is 2. The van der Waals surface area contributed by atoms with E-state index in [1.165, 1.54) is 26.5 Å². The molecule has 1 N–H and O–H groups in total. The van der Waals surface area contributed by atoms with E-state index in [-0.39, 0.29) is 16.7 Å². The van der Waals surface area contributed by atoms with Crippen LogP contribution in [-0.4, -0.2) is 19.3 Å². The maximum absolute atomic E-state index is 12.6. The van der Waals surface area contributed by atoms with Crippen molar-refractivity contribution in [2.24, 2.45) is 0 Å². The summed E-state index contributed by atoms with van der Waals surface area (Å²) in [5, 5.41) is 10.6. The summed E-state index contributed by atoms with van der Waals surface area (Å²) in [4.78, 5) is 12.6. The van der Waals surface area contributed by atoms with Gasteiger partial charge in [-0.3, -0.25) is 4.79 Å². The smallest absolute Gasteiger partial charge is 0.200 e. The maximum atomic E-state index is 12.6. The van der Waals surface area contributed by atoms with Crippen LogP contribution in [0.15, 0.2) is 51.9 Å². The number of phenols is 1. The number of phenolic OH excluding ortho intramolecular Hbond substituents is 1. The molecular weight excluding hydrogens is 284 g/mol. The van der Waals surface area contributed by atoms with Gasteiger partial charge in [0.25, 0.3) is 0 Å². The monoisotopic (exact) mass is 298 g/mol. The highest BCUT2D eigenvalue weighted by Gasteiger charge is 2.16. The molecule has 1 heterocycles. The number of hydrogen-bond acceptors (Lipinski definition) is 5. The Morgan fingerprint density at radius 3 is 2.41 bits per heavy atom. The van der Waals surface area contributed by atoms with Crippen LogP contribution >= 0.6 is 0 Å². The molecule has 0 aliphatic heterocycles. The number of benzene rings is 2. The third-order valence-electron chi connectivity index (χ3n) is 3.47. The predicted molar refractivity (Wildman–Crippen MR) is 82.7 cm³/mol. The maximum Gasteiger partial charge on any atom is 0.200 e. The molecule has 0 saturated carbocycles. The van der Waals surface area contributed by atoms with E-state index in [1.807, 2.05) is 0 Å². The van der Waals surface area contributed by atoms with Crippen molar-refractivity contribution in [2.75, 3.05) is 14.2 Å². The highest BCUT2D eigenvalue weighted by molar-refractivity contribution is 5.83.